The van der Waals surface area contributed by atoms with Gasteiger partial charge in [0.2, 0.25) is 5.91 Å². The second-order valence-corrected chi connectivity index (χ2v) is 8.19. The molecule has 0 unspecified atom stereocenters. The second kappa shape index (κ2) is 9.68. The summed E-state index contributed by atoms with van der Waals surface area (Å²) in [6.07, 6.45) is -4.65. The molecular formula is C23H16ClF3N4OS. The minimum absolute atomic E-state index is 0.192. The van der Waals surface area contributed by atoms with Gasteiger partial charge < -0.3 is 5.32 Å². The van der Waals surface area contributed by atoms with Gasteiger partial charge in [-0.25, -0.2) is 0 Å². The molecule has 0 bridgehead atoms. The zero-order valence-corrected chi connectivity index (χ0v) is 18.5. The van der Waals surface area contributed by atoms with E-state index in [-0.39, 0.29) is 10.8 Å². The zero-order chi connectivity index (χ0) is 23.4. The molecule has 0 fully saturated rings. The van der Waals surface area contributed by atoms with Crippen molar-refractivity contribution in [1.82, 2.24) is 14.8 Å². The number of rotatable bonds is 6. The van der Waals surface area contributed by atoms with Crippen LogP contribution in [-0.4, -0.2) is 26.4 Å². The molecule has 0 saturated carbocycles. The van der Waals surface area contributed by atoms with Gasteiger partial charge in [0.25, 0.3) is 0 Å². The molecule has 33 heavy (non-hydrogen) atoms. The first kappa shape index (κ1) is 22.9. The number of nitrogens with one attached hydrogen (secondary N) is 1. The lowest BCUT2D eigenvalue weighted by atomic mass is 10.1. The fourth-order valence-corrected chi connectivity index (χ4v) is 4.11. The summed E-state index contributed by atoms with van der Waals surface area (Å²) in [7, 11) is 0. The Kier molecular flexibility index (Phi) is 6.71. The maximum absolute atomic E-state index is 13.3. The van der Waals surface area contributed by atoms with Gasteiger partial charge in [-0.3, -0.25) is 9.36 Å². The van der Waals surface area contributed by atoms with Crippen LogP contribution in [0.15, 0.2) is 84.0 Å². The fraction of sp³-hybridized carbons (Fsp3) is 0.0870. The van der Waals surface area contributed by atoms with Crippen molar-refractivity contribution in [1.29, 1.82) is 0 Å². The number of aromatic nitrogens is 3. The predicted molar refractivity (Wildman–Crippen MR) is 123 cm³/mol. The fourth-order valence-electron chi connectivity index (χ4n) is 3.14. The van der Waals surface area contributed by atoms with E-state index in [1.54, 1.807) is 4.57 Å². The third-order valence-corrected chi connectivity index (χ3v) is 5.84. The summed E-state index contributed by atoms with van der Waals surface area (Å²) in [5.41, 5.74) is 0.143. The number of carbonyl (C=O) groups excluding carboxylic acids is 1. The molecule has 0 aliphatic carbocycles. The molecule has 0 atom stereocenters. The number of nitrogens with zero attached hydrogens (tertiary/aromatic N) is 3. The van der Waals surface area contributed by atoms with Crippen LogP contribution in [0.1, 0.15) is 5.56 Å². The maximum Gasteiger partial charge on any atom is 0.418 e. The molecule has 0 spiro atoms. The summed E-state index contributed by atoms with van der Waals surface area (Å²) in [5.74, 6) is -0.264. The molecule has 10 heteroatoms. The summed E-state index contributed by atoms with van der Waals surface area (Å²) in [6.45, 7) is 0. The normalized spacial score (nSPS) is 11.4. The molecule has 1 N–H and O–H groups in total. The average molecular weight is 489 g/mol. The lowest BCUT2D eigenvalue weighted by Gasteiger charge is -2.15. The number of thioether (sulfide) groups is 1. The van der Waals surface area contributed by atoms with Gasteiger partial charge in [0, 0.05) is 11.3 Å². The Morgan fingerprint density at radius 2 is 1.61 bits per heavy atom. The van der Waals surface area contributed by atoms with Gasteiger partial charge in [-0.1, -0.05) is 78.0 Å². The Bertz CT molecular complexity index is 1260. The van der Waals surface area contributed by atoms with Gasteiger partial charge in [0.15, 0.2) is 11.0 Å². The molecule has 3 aromatic carbocycles. The van der Waals surface area contributed by atoms with Crippen LogP contribution in [0, 0.1) is 0 Å². The first-order chi connectivity index (χ1) is 15.8. The van der Waals surface area contributed by atoms with E-state index in [9.17, 15) is 18.0 Å². The Hall–Kier alpha value is -3.30. The molecule has 0 saturated heterocycles. The number of amides is 1. The summed E-state index contributed by atoms with van der Waals surface area (Å²) in [6, 6.07) is 22.1. The van der Waals surface area contributed by atoms with E-state index in [1.165, 1.54) is 12.1 Å². The van der Waals surface area contributed by atoms with Gasteiger partial charge in [-0.2, -0.15) is 13.2 Å². The van der Waals surface area contributed by atoms with E-state index < -0.39 is 23.3 Å². The molecule has 5 nitrogen and oxygen atoms in total. The first-order valence-electron chi connectivity index (χ1n) is 9.69. The van der Waals surface area contributed by atoms with Crippen LogP contribution in [0.5, 0.6) is 0 Å². The Morgan fingerprint density at radius 1 is 0.939 bits per heavy atom. The average Bonchev–Trinajstić information content (AvgIpc) is 3.23. The molecule has 0 aliphatic rings. The van der Waals surface area contributed by atoms with E-state index in [0.29, 0.717) is 11.0 Å². The molecule has 1 heterocycles. The van der Waals surface area contributed by atoms with Crippen molar-refractivity contribution >= 4 is 35.0 Å². The van der Waals surface area contributed by atoms with Crippen molar-refractivity contribution in [3.63, 3.8) is 0 Å². The summed E-state index contributed by atoms with van der Waals surface area (Å²) < 4.78 is 41.7. The number of para-hydroxylation sites is 2. The van der Waals surface area contributed by atoms with E-state index in [2.05, 4.69) is 15.5 Å². The lowest BCUT2D eigenvalue weighted by Crippen LogP contribution is -2.18. The second-order valence-electron chi connectivity index (χ2n) is 6.84. The lowest BCUT2D eigenvalue weighted by molar-refractivity contribution is -0.137. The van der Waals surface area contributed by atoms with Crippen LogP contribution < -0.4 is 5.32 Å². The highest BCUT2D eigenvalue weighted by molar-refractivity contribution is 7.99. The smallest absolute Gasteiger partial charge is 0.324 e. The molecule has 4 aromatic rings. The number of benzene rings is 3. The summed E-state index contributed by atoms with van der Waals surface area (Å²) in [5, 5.41) is 11.0. The first-order valence-corrected chi connectivity index (χ1v) is 11.1. The molecule has 4 rings (SSSR count). The highest BCUT2D eigenvalue weighted by atomic mass is 35.5. The van der Waals surface area contributed by atoms with Crippen LogP contribution in [-0.2, 0) is 11.0 Å². The third kappa shape index (κ3) is 5.20. The van der Waals surface area contributed by atoms with Crippen molar-refractivity contribution in [3.05, 3.63) is 89.4 Å². The molecule has 1 amide bonds. The van der Waals surface area contributed by atoms with Gasteiger partial charge >= 0.3 is 6.18 Å². The number of alkyl halides is 3. The van der Waals surface area contributed by atoms with E-state index >= 15 is 0 Å². The van der Waals surface area contributed by atoms with Crippen LogP contribution in [0.2, 0.25) is 5.02 Å². The number of hydrogen-bond acceptors (Lipinski definition) is 4. The number of hydrogen-bond donors (Lipinski definition) is 1. The van der Waals surface area contributed by atoms with E-state index in [4.69, 9.17) is 11.6 Å². The molecule has 1 aromatic heterocycles. The topological polar surface area (TPSA) is 59.8 Å². The molecular weight excluding hydrogens is 473 g/mol. The molecule has 168 valence electrons. The monoisotopic (exact) mass is 488 g/mol. The van der Waals surface area contributed by atoms with Crippen molar-refractivity contribution < 1.29 is 18.0 Å². The Labute approximate surface area is 196 Å². The SMILES string of the molecule is O=C(CSc1nnc(-c2ccccc2)n1-c1ccccc1)Nc1c(Cl)cccc1C(F)(F)F. The van der Waals surface area contributed by atoms with Gasteiger partial charge in [-0.05, 0) is 24.3 Å². The number of carbonyl (C=O) groups is 1. The zero-order valence-electron chi connectivity index (χ0n) is 16.9. The molecule has 0 radical (unpaired) electrons. The Balaban J connectivity index is 1.59. The van der Waals surface area contributed by atoms with Crippen molar-refractivity contribution in [2.24, 2.45) is 0 Å². The quantitative estimate of drug-likeness (QED) is 0.322. The third-order valence-electron chi connectivity index (χ3n) is 4.60. The predicted octanol–water partition coefficient (Wildman–Crippen LogP) is 6.34. The highest BCUT2D eigenvalue weighted by Crippen LogP contribution is 2.38. The minimum atomic E-state index is -4.65. The van der Waals surface area contributed by atoms with Gasteiger partial charge in [-0.15, -0.1) is 10.2 Å². The van der Waals surface area contributed by atoms with E-state index in [1.807, 2.05) is 60.7 Å². The highest BCUT2D eigenvalue weighted by Gasteiger charge is 2.34. The van der Waals surface area contributed by atoms with Gasteiger partial charge in [0.05, 0.1) is 22.0 Å². The largest absolute Gasteiger partial charge is 0.418 e. The summed E-state index contributed by atoms with van der Waals surface area (Å²) >= 11 is 6.98. The van der Waals surface area contributed by atoms with Crippen molar-refractivity contribution in [3.8, 4) is 17.1 Å². The molecule has 0 aliphatic heterocycles. The van der Waals surface area contributed by atoms with Crippen LogP contribution in [0.4, 0.5) is 18.9 Å². The van der Waals surface area contributed by atoms with Crippen molar-refractivity contribution in [2.75, 3.05) is 11.1 Å². The van der Waals surface area contributed by atoms with Gasteiger partial charge in [0.1, 0.15) is 0 Å². The maximum atomic E-state index is 13.3. The number of anilines is 1. The van der Waals surface area contributed by atoms with Crippen LogP contribution in [0.3, 0.4) is 0 Å². The standard InChI is InChI=1S/C23H16ClF3N4OS/c24-18-13-7-12-17(23(25,26)27)20(18)28-19(32)14-33-22-30-29-21(15-8-3-1-4-9-15)31(22)16-10-5-2-6-11-16/h1-13H,14H2,(H,28,32). The number of halogens is 4. The summed E-state index contributed by atoms with van der Waals surface area (Å²) in [4.78, 5) is 12.5. The van der Waals surface area contributed by atoms with Crippen LogP contribution >= 0.6 is 23.4 Å². The van der Waals surface area contributed by atoms with Crippen molar-refractivity contribution in [2.45, 2.75) is 11.3 Å². The minimum Gasteiger partial charge on any atom is -0.324 e. The van der Waals surface area contributed by atoms with E-state index in [0.717, 1.165) is 29.1 Å². The Morgan fingerprint density at radius 3 is 2.27 bits per heavy atom. The van der Waals surface area contributed by atoms with Crippen LogP contribution in [0.25, 0.3) is 17.1 Å².